The Labute approximate surface area is 446 Å². The first-order chi connectivity index (χ1) is 34.1. The van der Waals surface area contributed by atoms with Crippen LogP contribution in [0.1, 0.15) is 111 Å². The number of benzene rings is 1. The molecule has 0 radical (unpaired) electrons. The van der Waals surface area contributed by atoms with Gasteiger partial charge < -0.3 is 5.32 Å². The molecule has 3 aromatic rings. The number of hydrogen-bond donors (Lipinski definition) is 9. The quantitative estimate of drug-likeness (QED) is 0.0159. The van der Waals surface area contributed by atoms with E-state index in [2.05, 4.69) is 82.5 Å². The van der Waals surface area contributed by atoms with E-state index in [1.807, 2.05) is 46.4 Å². The number of likely N-dealkylation sites (tertiary alicyclic amines) is 1. The molecule has 1 aromatic carbocycles. The number of ether oxygens (including phenoxy) is 1. The first kappa shape index (κ1) is 58.7. The third kappa shape index (κ3) is 14.8. The van der Waals surface area contributed by atoms with Gasteiger partial charge in [0.25, 0.3) is 0 Å². The van der Waals surface area contributed by atoms with Crippen LogP contribution in [0, 0.1) is 11.8 Å². The van der Waals surface area contributed by atoms with Crippen molar-refractivity contribution in [1.29, 1.82) is 0 Å². The van der Waals surface area contributed by atoms with Crippen LogP contribution < -0.4 is 52.6 Å². The standard InChI is InChI=1S/C49H75I2N11O10/c1-10-14-32(12-3)61-27-54-40-43(52-26-53-44(40)61)59-47-42(68)41(67)39(34(25-63)72-47)58-36(65)23-51-62(8,9)24-30-15-17-31(18-16-30)56-45(69)29(7)55-46(70)38(28(5)6)57-35(64)19-21-60-37(66)22-33(48(60)71)49(50,13-4)20-11-2/h15-18,26-29,32-34,38-39,41-42,47,63,67-68H,10-14,19-25H2,1-9H3,(H5,52,53,55,56,57,58,59,64,65,69,70)/p+1/t29-,32?,33?,34-,38-,39-,41+,42-,47-,49?/m0/s1. The van der Waals surface area contributed by atoms with E-state index in [0.29, 0.717) is 31.9 Å². The number of imide groups is 1. The summed E-state index contributed by atoms with van der Waals surface area (Å²) in [6, 6.07) is 4.46. The summed E-state index contributed by atoms with van der Waals surface area (Å²) < 4.78 is 8.43. The Kier molecular flexibility index (Phi) is 21.5. The van der Waals surface area contributed by atoms with Crippen LogP contribution in [-0.4, -0.2) is 151 Å². The molecule has 0 aliphatic carbocycles. The number of rotatable bonds is 26. The number of aromatic amines is 1. The van der Waals surface area contributed by atoms with Crippen LogP contribution in [0.25, 0.3) is 11.2 Å². The second-order valence-electron chi connectivity index (χ2n) is 19.6. The number of nitrogens with zero attached hydrogens (tertiary/aromatic N) is 5. The van der Waals surface area contributed by atoms with Crippen LogP contribution in [0.2, 0.25) is 0 Å². The molecule has 2 aliphatic rings. The number of anilines is 2. The molecule has 6 amide bonds. The third-order valence-electron chi connectivity index (χ3n) is 13.4. The average Bonchev–Trinajstić information content (AvgIpc) is 3.91. The molecule has 21 nitrogen and oxygen atoms in total. The van der Waals surface area contributed by atoms with Crippen LogP contribution in [0.4, 0.5) is 11.5 Å². The van der Waals surface area contributed by atoms with Crippen molar-refractivity contribution in [2.45, 2.75) is 159 Å². The number of aliphatic hydroxyl groups is 3. The van der Waals surface area contributed by atoms with Crippen LogP contribution in [0.5, 0.6) is 0 Å². The molecule has 72 heavy (non-hydrogen) atoms. The maximum absolute atomic E-state index is 13.4. The molecule has 400 valence electrons. The zero-order chi connectivity index (χ0) is 53.1. The Morgan fingerprint density at radius 3 is 2.33 bits per heavy atom. The van der Waals surface area contributed by atoms with E-state index in [1.165, 1.54) is 18.2 Å². The number of amides is 6. The minimum atomic E-state index is -1.48. The number of hydrogen-bond acceptors (Lipinski definition) is 13. The van der Waals surface area contributed by atoms with E-state index in [9.17, 15) is 44.1 Å². The monoisotopic (exact) mass is 1230 g/mol. The van der Waals surface area contributed by atoms with E-state index in [-0.39, 0.29) is 56.9 Å². The van der Waals surface area contributed by atoms with Crippen molar-refractivity contribution in [3.63, 3.8) is 0 Å². The van der Waals surface area contributed by atoms with Crippen molar-refractivity contribution in [3.8, 4) is 0 Å². The fourth-order valence-electron chi connectivity index (χ4n) is 9.27. The normalized spacial score (nSPS) is 22.6. The van der Waals surface area contributed by atoms with Gasteiger partial charge in [-0.3, -0.25) is 19.3 Å². The summed E-state index contributed by atoms with van der Waals surface area (Å²) in [5.41, 5.74) is 2.72. The topological polar surface area (TPSA) is 281 Å². The molecule has 2 saturated heterocycles. The molecule has 5 rings (SSSR count). The Bertz CT molecular complexity index is 2350. The second-order valence-corrected chi connectivity index (χ2v) is 25.8. The van der Waals surface area contributed by atoms with E-state index in [0.717, 1.165) is 44.1 Å². The van der Waals surface area contributed by atoms with Gasteiger partial charge >= 0.3 is 264 Å². The van der Waals surface area contributed by atoms with Crippen molar-refractivity contribution in [3.05, 3.63) is 42.5 Å². The zero-order valence-corrected chi connectivity index (χ0v) is 47.2. The number of nitrogens with one attached hydrogen (secondary N) is 6. The summed E-state index contributed by atoms with van der Waals surface area (Å²) in [6.45, 7) is 13.3. The molecular weight excluding hydrogens is 1160 g/mol. The molecule has 0 spiro atoms. The van der Waals surface area contributed by atoms with Gasteiger partial charge in [-0.2, -0.15) is 0 Å². The maximum atomic E-state index is 13.4. The van der Waals surface area contributed by atoms with Gasteiger partial charge in [0.15, 0.2) is 0 Å². The Morgan fingerprint density at radius 2 is 1.71 bits per heavy atom. The summed E-state index contributed by atoms with van der Waals surface area (Å²) in [5.74, 6) is -2.83. The second kappa shape index (κ2) is 26.4. The van der Waals surface area contributed by atoms with Crippen LogP contribution in [0.15, 0.2) is 36.9 Å². The van der Waals surface area contributed by atoms with Gasteiger partial charge in [-0.15, -0.1) is 0 Å². The number of aromatic nitrogens is 4. The molecule has 2 aromatic heterocycles. The average molecular weight is 1230 g/mol. The predicted octanol–water partition coefficient (Wildman–Crippen LogP) is -0.654. The zero-order valence-electron chi connectivity index (χ0n) is 42.9. The van der Waals surface area contributed by atoms with Crippen molar-refractivity contribution in [2.75, 3.05) is 42.3 Å². The number of carbonyl (C=O) groups is 6. The molecule has 0 saturated carbocycles. The first-order valence-corrected chi connectivity index (χ1v) is 28.6. The van der Waals surface area contributed by atoms with Crippen LogP contribution in [0.3, 0.4) is 0 Å². The number of fused-ring (bicyclic) bond motifs is 1. The fourth-order valence-corrected chi connectivity index (χ4v) is 12.4. The fraction of sp³-hybridized carbons (Fsp3) is 0.653. The van der Waals surface area contributed by atoms with Gasteiger partial charge in [-0.1, -0.05) is 77.0 Å². The number of quaternary nitrogens is 1. The van der Waals surface area contributed by atoms with E-state index < -0.39 is 94.4 Å². The number of imidazole rings is 1. The molecule has 10 atom stereocenters. The van der Waals surface area contributed by atoms with Crippen molar-refractivity contribution < 1.29 is 77.6 Å². The van der Waals surface area contributed by atoms with Crippen LogP contribution in [-0.2, 0) is 40.0 Å². The van der Waals surface area contributed by atoms with Crippen molar-refractivity contribution in [1.82, 2.24) is 35.8 Å². The number of aliphatic hydroxyl groups excluding tert-OH is 3. The Balaban J connectivity index is 1.07. The van der Waals surface area contributed by atoms with E-state index >= 15 is 0 Å². The summed E-state index contributed by atoms with van der Waals surface area (Å²) in [7, 11) is 4.01. The van der Waals surface area contributed by atoms with Gasteiger partial charge in [0.2, 0.25) is 17.7 Å². The van der Waals surface area contributed by atoms with E-state index in [4.69, 9.17) is 4.74 Å². The summed E-state index contributed by atoms with van der Waals surface area (Å²) in [5, 5.41) is 46.8. The summed E-state index contributed by atoms with van der Waals surface area (Å²) in [6.07, 6.45) is 3.40. The molecule has 4 heterocycles. The molecule has 0 bridgehead atoms. The molecule has 9 N–H and O–H groups in total. The van der Waals surface area contributed by atoms with Gasteiger partial charge in [-0.25, -0.2) is 0 Å². The number of H-pyrrole nitrogens is 1. The van der Waals surface area contributed by atoms with Crippen LogP contribution >= 0.6 is 22.6 Å². The summed E-state index contributed by atoms with van der Waals surface area (Å²) >= 11 is 1.49. The molecule has 3 unspecified atom stereocenters. The van der Waals surface area contributed by atoms with Gasteiger partial charge in [-0.05, 0) is 31.6 Å². The SMILES string of the molecule is CCCC(CC)[n+]1c[nH]c2c(N[C@H]3O[C@@H](CO)[C@H](NC(=O)C[I-][N+](C)(C)Cc4ccc(NC(=O)[C@H](C)NC(=O)[C@@H](NC(=O)CCN5C(=O)CC(C(I)(CC)CCC)C5=O)C(C)C)cc4)[C@@H](O)[C@@H]3O)ncnc21. The number of alkyl halides is 2. The first-order valence-electron chi connectivity index (χ1n) is 25.0. The van der Waals surface area contributed by atoms with Gasteiger partial charge in [0.05, 0.1) is 12.0 Å². The van der Waals surface area contributed by atoms with Crippen molar-refractivity contribution >= 4 is 80.7 Å². The van der Waals surface area contributed by atoms with Gasteiger partial charge in [0, 0.05) is 22.8 Å². The third-order valence-corrected chi connectivity index (χ3v) is 18.7. The molecule has 23 heteroatoms. The summed E-state index contributed by atoms with van der Waals surface area (Å²) in [4.78, 5) is 92.3. The predicted molar refractivity (Wildman–Crippen MR) is 273 cm³/mol. The Morgan fingerprint density at radius 1 is 1.00 bits per heavy atom. The molecular formula is C49H76I2N11O10+. The molecule has 2 fully saturated rings. The minimum absolute atomic E-state index is 0.0761. The number of carbonyl (C=O) groups excluding carboxylic acids is 6. The van der Waals surface area contributed by atoms with Crippen molar-refractivity contribution in [2.24, 2.45) is 11.8 Å². The van der Waals surface area contributed by atoms with Gasteiger partial charge in [0.1, 0.15) is 0 Å². The molecule has 2 aliphatic heterocycles. The number of halogens is 2. The Hall–Kier alpha value is -4.15. The van der Waals surface area contributed by atoms with E-state index in [1.54, 1.807) is 26.0 Å².